The molecule has 2 N–H and O–H groups in total. The molecule has 1 atom stereocenters. The van der Waals surface area contributed by atoms with Gasteiger partial charge in [0.2, 0.25) is 0 Å². The Morgan fingerprint density at radius 3 is 2.65 bits per heavy atom. The van der Waals surface area contributed by atoms with Crippen molar-refractivity contribution in [2.75, 3.05) is 32.2 Å². The summed E-state index contributed by atoms with van der Waals surface area (Å²) < 4.78 is 15.3. The van der Waals surface area contributed by atoms with E-state index in [1.54, 1.807) is 31.2 Å². The van der Waals surface area contributed by atoms with Gasteiger partial charge in [0.25, 0.3) is 11.8 Å². The summed E-state index contributed by atoms with van der Waals surface area (Å²) in [6.45, 7) is 3.14. The number of rotatable bonds is 9. The molecule has 1 aromatic carbocycles. The Kier molecular flexibility index (Phi) is 8.64. The lowest BCUT2D eigenvalue weighted by atomic mass is 9.88. The van der Waals surface area contributed by atoms with E-state index < -0.39 is 36.9 Å². The number of anilines is 1. The van der Waals surface area contributed by atoms with Crippen LogP contribution in [0.5, 0.6) is 5.75 Å². The minimum absolute atomic E-state index is 0.228. The number of thiophene rings is 1. The summed E-state index contributed by atoms with van der Waals surface area (Å²) >= 11 is 1.36. The molecule has 182 valence electrons. The SMILES string of the molecule is CCOC(=O)c1c(NC(=O)COC(=O)CNC(=O)c2ccccc2OC)sc2c1CCC(C)C2. The number of amides is 2. The molecule has 1 aliphatic carbocycles. The standard InChI is InChI=1S/C24H28N2O7S/c1-4-32-24(30)21-16-10-9-14(2)11-18(16)34-23(21)26-19(27)13-33-20(28)12-25-22(29)15-7-5-6-8-17(15)31-3/h5-8,14H,4,9-13H2,1-3H3,(H,25,29)(H,26,27). The first kappa shape index (κ1) is 25.2. The number of esters is 2. The molecule has 2 aromatic rings. The molecule has 0 saturated heterocycles. The van der Waals surface area contributed by atoms with Crippen LogP contribution in [-0.4, -0.2) is 50.6 Å². The number of ether oxygens (including phenoxy) is 3. The highest BCUT2D eigenvalue weighted by Gasteiger charge is 2.29. The number of nitrogens with one attached hydrogen (secondary N) is 2. The number of fused-ring (bicyclic) bond motifs is 1. The van der Waals surface area contributed by atoms with E-state index in [1.165, 1.54) is 18.4 Å². The third-order valence-corrected chi connectivity index (χ3v) is 6.52. The quantitative estimate of drug-likeness (QED) is 0.521. The Labute approximate surface area is 201 Å². The average molecular weight is 489 g/mol. The number of carbonyl (C=O) groups excluding carboxylic acids is 4. The van der Waals surface area contributed by atoms with Crippen molar-refractivity contribution in [3.63, 3.8) is 0 Å². The van der Waals surface area contributed by atoms with Gasteiger partial charge in [-0.05, 0) is 49.8 Å². The summed E-state index contributed by atoms with van der Waals surface area (Å²) in [6, 6.07) is 6.59. The van der Waals surface area contributed by atoms with E-state index in [0.717, 1.165) is 29.7 Å². The van der Waals surface area contributed by atoms with Crippen molar-refractivity contribution >= 4 is 40.1 Å². The fraction of sp³-hybridized carbons (Fsp3) is 0.417. The predicted octanol–water partition coefficient (Wildman–Crippen LogP) is 2.97. The first-order chi connectivity index (χ1) is 16.3. The lowest BCUT2D eigenvalue weighted by molar-refractivity contribution is -0.146. The molecule has 9 nitrogen and oxygen atoms in total. The van der Waals surface area contributed by atoms with E-state index >= 15 is 0 Å². The van der Waals surface area contributed by atoms with Crippen molar-refractivity contribution in [3.8, 4) is 5.75 Å². The molecular weight excluding hydrogens is 460 g/mol. The summed E-state index contributed by atoms with van der Waals surface area (Å²) in [5.74, 6) is -1.46. The third-order valence-electron chi connectivity index (χ3n) is 5.35. The largest absolute Gasteiger partial charge is 0.496 e. The monoisotopic (exact) mass is 488 g/mol. The van der Waals surface area contributed by atoms with E-state index in [4.69, 9.17) is 14.2 Å². The van der Waals surface area contributed by atoms with Gasteiger partial charge in [0.05, 0.1) is 24.8 Å². The molecule has 0 aliphatic heterocycles. The predicted molar refractivity (Wildman–Crippen MR) is 126 cm³/mol. The number of carbonyl (C=O) groups is 4. The molecule has 2 amide bonds. The first-order valence-corrected chi connectivity index (χ1v) is 11.8. The number of hydrogen-bond donors (Lipinski definition) is 2. The second kappa shape index (κ2) is 11.6. The highest BCUT2D eigenvalue weighted by molar-refractivity contribution is 7.17. The molecular formula is C24H28N2O7S. The van der Waals surface area contributed by atoms with E-state index in [-0.39, 0.29) is 12.2 Å². The molecule has 10 heteroatoms. The third kappa shape index (κ3) is 6.13. The average Bonchev–Trinajstić information content (AvgIpc) is 3.17. The van der Waals surface area contributed by atoms with Crippen LogP contribution in [0.4, 0.5) is 5.00 Å². The lowest BCUT2D eigenvalue weighted by Crippen LogP contribution is -2.32. The second-order valence-electron chi connectivity index (χ2n) is 7.87. The van der Waals surface area contributed by atoms with Crippen molar-refractivity contribution in [1.29, 1.82) is 0 Å². The van der Waals surface area contributed by atoms with Gasteiger partial charge in [-0.2, -0.15) is 0 Å². The van der Waals surface area contributed by atoms with Gasteiger partial charge in [0.15, 0.2) is 6.61 Å². The Morgan fingerprint density at radius 1 is 1.15 bits per heavy atom. The van der Waals surface area contributed by atoms with Crippen LogP contribution in [0.2, 0.25) is 0 Å². The van der Waals surface area contributed by atoms with Crippen LogP contribution in [0, 0.1) is 5.92 Å². The zero-order valence-electron chi connectivity index (χ0n) is 19.4. The number of benzene rings is 1. The maximum atomic E-state index is 12.5. The van der Waals surface area contributed by atoms with E-state index in [2.05, 4.69) is 17.6 Å². The molecule has 1 heterocycles. The van der Waals surface area contributed by atoms with Gasteiger partial charge in [-0.1, -0.05) is 19.1 Å². The molecule has 1 unspecified atom stereocenters. The number of methoxy groups -OCH3 is 1. The van der Waals surface area contributed by atoms with Crippen LogP contribution in [0.15, 0.2) is 24.3 Å². The lowest BCUT2D eigenvalue weighted by Gasteiger charge is -2.18. The zero-order chi connectivity index (χ0) is 24.7. The normalized spacial score (nSPS) is 14.5. The van der Waals surface area contributed by atoms with Gasteiger partial charge in [0.1, 0.15) is 17.3 Å². The molecule has 34 heavy (non-hydrogen) atoms. The zero-order valence-corrected chi connectivity index (χ0v) is 20.2. The summed E-state index contributed by atoms with van der Waals surface area (Å²) in [5, 5.41) is 5.52. The Morgan fingerprint density at radius 2 is 1.91 bits per heavy atom. The van der Waals surface area contributed by atoms with Gasteiger partial charge in [-0.15, -0.1) is 11.3 Å². The molecule has 0 spiro atoms. The fourth-order valence-electron chi connectivity index (χ4n) is 3.70. The smallest absolute Gasteiger partial charge is 0.341 e. The molecule has 0 fully saturated rings. The molecule has 3 rings (SSSR count). The van der Waals surface area contributed by atoms with Gasteiger partial charge < -0.3 is 24.8 Å². The minimum atomic E-state index is -0.775. The van der Waals surface area contributed by atoms with Crippen molar-refractivity contribution in [2.24, 2.45) is 5.92 Å². The molecule has 0 bridgehead atoms. The van der Waals surface area contributed by atoms with Gasteiger partial charge >= 0.3 is 11.9 Å². The van der Waals surface area contributed by atoms with Crippen molar-refractivity contribution in [1.82, 2.24) is 5.32 Å². The van der Waals surface area contributed by atoms with Crippen LogP contribution in [-0.2, 0) is 31.9 Å². The molecule has 1 aromatic heterocycles. The van der Waals surface area contributed by atoms with E-state index in [9.17, 15) is 19.2 Å². The van der Waals surface area contributed by atoms with Crippen LogP contribution >= 0.6 is 11.3 Å². The summed E-state index contributed by atoms with van der Waals surface area (Å²) in [6.07, 6.45) is 2.54. The highest BCUT2D eigenvalue weighted by atomic mass is 32.1. The van der Waals surface area contributed by atoms with Gasteiger partial charge in [0, 0.05) is 4.88 Å². The van der Waals surface area contributed by atoms with E-state index in [0.29, 0.717) is 22.2 Å². The first-order valence-electron chi connectivity index (χ1n) is 11.0. The molecule has 0 radical (unpaired) electrons. The minimum Gasteiger partial charge on any atom is -0.496 e. The van der Waals surface area contributed by atoms with Crippen LogP contribution < -0.4 is 15.4 Å². The van der Waals surface area contributed by atoms with E-state index in [1.807, 2.05) is 0 Å². The summed E-state index contributed by atoms with van der Waals surface area (Å²) in [7, 11) is 1.44. The molecule has 0 saturated carbocycles. The maximum absolute atomic E-state index is 12.5. The van der Waals surface area contributed by atoms with Gasteiger partial charge in [-0.25, -0.2) is 4.79 Å². The summed E-state index contributed by atoms with van der Waals surface area (Å²) in [4.78, 5) is 50.3. The summed E-state index contributed by atoms with van der Waals surface area (Å²) in [5.41, 5.74) is 1.59. The topological polar surface area (TPSA) is 120 Å². The van der Waals surface area contributed by atoms with Crippen LogP contribution in [0.25, 0.3) is 0 Å². The van der Waals surface area contributed by atoms with Crippen molar-refractivity contribution in [3.05, 3.63) is 45.8 Å². The Balaban J connectivity index is 1.56. The fourth-order valence-corrected chi connectivity index (χ4v) is 5.11. The second-order valence-corrected chi connectivity index (χ2v) is 8.97. The van der Waals surface area contributed by atoms with Crippen molar-refractivity contribution in [2.45, 2.75) is 33.1 Å². The maximum Gasteiger partial charge on any atom is 0.341 e. The Hall–Kier alpha value is -3.40. The van der Waals surface area contributed by atoms with Crippen molar-refractivity contribution < 1.29 is 33.4 Å². The number of para-hydroxylation sites is 1. The van der Waals surface area contributed by atoms with Gasteiger partial charge in [-0.3, -0.25) is 14.4 Å². The van der Waals surface area contributed by atoms with Crippen LogP contribution in [0.3, 0.4) is 0 Å². The van der Waals surface area contributed by atoms with Crippen LogP contribution in [0.1, 0.15) is 51.4 Å². The Bertz CT molecular complexity index is 1080. The highest BCUT2D eigenvalue weighted by Crippen LogP contribution is 2.40. The molecule has 1 aliphatic rings. The number of hydrogen-bond acceptors (Lipinski definition) is 8.